The van der Waals surface area contributed by atoms with Crippen molar-refractivity contribution in [1.29, 1.82) is 0 Å². The van der Waals surface area contributed by atoms with Gasteiger partial charge in [-0.3, -0.25) is 9.59 Å². The summed E-state index contributed by atoms with van der Waals surface area (Å²) in [5.41, 5.74) is 3.03. The van der Waals surface area contributed by atoms with Crippen molar-refractivity contribution in [3.05, 3.63) is 70.9 Å². The van der Waals surface area contributed by atoms with Crippen molar-refractivity contribution >= 4 is 22.8 Å². The molecule has 1 aliphatic carbocycles. The number of rotatable bonds is 6. The number of halogens is 2. The summed E-state index contributed by atoms with van der Waals surface area (Å²) in [7, 11) is 0. The molecule has 1 heterocycles. The minimum Gasteiger partial charge on any atom is -0.480 e. The van der Waals surface area contributed by atoms with Gasteiger partial charge in [-0.15, -0.1) is 0 Å². The van der Waals surface area contributed by atoms with Crippen LogP contribution in [-0.2, 0) is 35.4 Å². The van der Waals surface area contributed by atoms with E-state index in [4.69, 9.17) is 0 Å². The monoisotopic (exact) mass is 426 g/mol. The van der Waals surface area contributed by atoms with Gasteiger partial charge in [-0.1, -0.05) is 18.2 Å². The average Bonchev–Trinajstić information content (AvgIpc) is 3.01. The normalized spacial score (nSPS) is 15.6. The van der Waals surface area contributed by atoms with Crippen molar-refractivity contribution in [2.45, 2.75) is 45.2 Å². The van der Waals surface area contributed by atoms with Crippen LogP contribution in [0.2, 0.25) is 0 Å². The Kier molecular flexibility index (Phi) is 5.76. The summed E-state index contributed by atoms with van der Waals surface area (Å²) in [5.74, 6) is -1.72. The Bertz CT molecular complexity index is 1160. The van der Waals surface area contributed by atoms with Gasteiger partial charge in [-0.05, 0) is 61.1 Å². The van der Waals surface area contributed by atoms with E-state index in [1.54, 1.807) is 33.7 Å². The first kappa shape index (κ1) is 21.0. The van der Waals surface area contributed by atoms with Crippen LogP contribution in [0.15, 0.2) is 42.5 Å². The van der Waals surface area contributed by atoms with Crippen LogP contribution in [0.25, 0.3) is 10.9 Å². The third-order valence-electron chi connectivity index (χ3n) is 6.12. The lowest BCUT2D eigenvalue weighted by Gasteiger charge is -2.34. The molecule has 0 radical (unpaired) electrons. The van der Waals surface area contributed by atoms with Gasteiger partial charge in [0.1, 0.15) is 18.2 Å². The molecule has 31 heavy (non-hydrogen) atoms. The lowest BCUT2D eigenvalue weighted by Crippen LogP contribution is -2.43. The number of fused-ring (bicyclic) bond motifs is 3. The van der Waals surface area contributed by atoms with E-state index in [2.05, 4.69) is 0 Å². The molecule has 1 atom stereocenters. The fourth-order valence-electron chi connectivity index (χ4n) is 4.72. The molecule has 7 heteroatoms. The molecule has 1 aliphatic rings. The van der Waals surface area contributed by atoms with E-state index in [0.29, 0.717) is 48.7 Å². The van der Waals surface area contributed by atoms with Gasteiger partial charge in [0.25, 0.3) is 0 Å². The van der Waals surface area contributed by atoms with Gasteiger partial charge in [-0.2, -0.15) is 0 Å². The Balaban J connectivity index is 1.64. The van der Waals surface area contributed by atoms with Gasteiger partial charge >= 0.3 is 5.97 Å². The Morgan fingerprint density at radius 1 is 1.19 bits per heavy atom. The van der Waals surface area contributed by atoms with Gasteiger partial charge in [0.15, 0.2) is 0 Å². The fourth-order valence-corrected chi connectivity index (χ4v) is 4.72. The second-order valence-electron chi connectivity index (χ2n) is 8.02. The number of carboxylic acid groups (broad SMARTS) is 1. The highest BCUT2D eigenvalue weighted by Gasteiger charge is 2.30. The zero-order chi connectivity index (χ0) is 22.1. The number of hydrogen-bond donors (Lipinski definition) is 1. The Hall–Kier alpha value is -3.22. The van der Waals surface area contributed by atoms with E-state index >= 15 is 0 Å². The second kappa shape index (κ2) is 8.49. The molecule has 0 aliphatic heterocycles. The Labute approximate surface area is 178 Å². The highest BCUT2D eigenvalue weighted by Crippen LogP contribution is 2.34. The summed E-state index contributed by atoms with van der Waals surface area (Å²) >= 11 is 0. The molecule has 5 nitrogen and oxygen atoms in total. The van der Waals surface area contributed by atoms with Gasteiger partial charge < -0.3 is 14.6 Å². The van der Waals surface area contributed by atoms with Crippen LogP contribution in [0.4, 0.5) is 8.78 Å². The molecule has 0 bridgehead atoms. The number of carbonyl (C=O) groups is 2. The number of aromatic nitrogens is 1. The number of carbonyl (C=O) groups excluding carboxylic acids is 1. The number of aliphatic carboxylic acids is 1. The zero-order valence-electron chi connectivity index (χ0n) is 17.3. The third kappa shape index (κ3) is 4.17. The van der Waals surface area contributed by atoms with Gasteiger partial charge in [0.2, 0.25) is 5.91 Å². The first-order valence-electron chi connectivity index (χ1n) is 10.4. The maximum Gasteiger partial charge on any atom is 0.323 e. The summed E-state index contributed by atoms with van der Waals surface area (Å²) in [4.78, 5) is 25.6. The molecule has 1 unspecified atom stereocenters. The summed E-state index contributed by atoms with van der Waals surface area (Å²) < 4.78 is 29.7. The number of amides is 1. The van der Waals surface area contributed by atoms with Crippen molar-refractivity contribution in [3.63, 3.8) is 0 Å². The van der Waals surface area contributed by atoms with Crippen molar-refractivity contribution in [3.8, 4) is 0 Å². The van der Waals surface area contributed by atoms with E-state index in [9.17, 15) is 23.5 Å². The van der Waals surface area contributed by atoms with Crippen LogP contribution in [0.5, 0.6) is 0 Å². The van der Waals surface area contributed by atoms with Gasteiger partial charge in [0.05, 0.1) is 0 Å². The first-order valence-corrected chi connectivity index (χ1v) is 10.4. The van der Waals surface area contributed by atoms with Crippen molar-refractivity contribution in [1.82, 2.24) is 9.47 Å². The molecule has 0 saturated heterocycles. The largest absolute Gasteiger partial charge is 0.480 e. The Morgan fingerprint density at radius 2 is 1.97 bits per heavy atom. The summed E-state index contributed by atoms with van der Waals surface area (Å²) in [6, 6.07) is 10.8. The lowest BCUT2D eigenvalue weighted by atomic mass is 9.90. The van der Waals surface area contributed by atoms with E-state index in [1.807, 2.05) is 0 Å². The molecule has 0 fully saturated rings. The van der Waals surface area contributed by atoms with Crippen molar-refractivity contribution in [2.75, 3.05) is 6.54 Å². The predicted molar refractivity (Wildman–Crippen MR) is 113 cm³/mol. The maximum atomic E-state index is 14.0. The molecule has 4 rings (SSSR count). The maximum absolute atomic E-state index is 14.0. The topological polar surface area (TPSA) is 62.5 Å². The Morgan fingerprint density at radius 3 is 2.68 bits per heavy atom. The minimum absolute atomic E-state index is 0.0924. The molecular formula is C24H24F2N2O3. The SMILES string of the molecule is CC(=O)N(CCc1ccccc1F)C1CCc2c(c3cc(F)ccc3n2CC(=O)O)C1. The molecule has 2 aromatic carbocycles. The van der Waals surface area contributed by atoms with Crippen LogP contribution < -0.4 is 0 Å². The van der Waals surface area contributed by atoms with E-state index < -0.39 is 5.97 Å². The molecule has 0 spiro atoms. The van der Waals surface area contributed by atoms with Gasteiger partial charge in [-0.25, -0.2) is 8.78 Å². The van der Waals surface area contributed by atoms with Crippen LogP contribution >= 0.6 is 0 Å². The number of carboxylic acids is 1. The van der Waals surface area contributed by atoms with E-state index in [1.165, 1.54) is 25.1 Å². The number of nitrogens with zero attached hydrogens (tertiary/aromatic N) is 2. The first-order chi connectivity index (χ1) is 14.8. The van der Waals surface area contributed by atoms with Crippen LogP contribution in [0.1, 0.15) is 30.2 Å². The van der Waals surface area contributed by atoms with E-state index in [0.717, 1.165) is 11.3 Å². The lowest BCUT2D eigenvalue weighted by molar-refractivity contribution is -0.137. The van der Waals surface area contributed by atoms with E-state index in [-0.39, 0.29) is 30.1 Å². The quantitative estimate of drug-likeness (QED) is 0.649. The summed E-state index contributed by atoms with van der Waals surface area (Å²) in [5, 5.41) is 10.0. The summed E-state index contributed by atoms with van der Waals surface area (Å²) in [6.45, 7) is 1.70. The van der Waals surface area contributed by atoms with Crippen molar-refractivity contribution in [2.24, 2.45) is 0 Å². The molecule has 3 aromatic rings. The third-order valence-corrected chi connectivity index (χ3v) is 6.12. The molecular weight excluding hydrogens is 402 g/mol. The summed E-state index contributed by atoms with van der Waals surface area (Å²) in [6.07, 6.45) is 2.18. The molecule has 1 N–H and O–H groups in total. The van der Waals surface area contributed by atoms with Gasteiger partial charge in [0, 0.05) is 36.1 Å². The van der Waals surface area contributed by atoms with Crippen LogP contribution in [0, 0.1) is 11.6 Å². The highest BCUT2D eigenvalue weighted by molar-refractivity contribution is 5.87. The fraction of sp³-hybridized carbons (Fsp3) is 0.333. The van der Waals surface area contributed by atoms with Crippen molar-refractivity contribution < 1.29 is 23.5 Å². The molecule has 1 aromatic heterocycles. The standard InChI is InChI=1S/C24H24F2N2O3/c1-15(29)27(11-10-16-4-2-3-5-21(16)26)18-7-9-23-20(13-18)19-12-17(25)6-8-22(19)28(23)14-24(30)31/h2-6,8,12,18H,7,9-11,13-14H2,1H3,(H,30,31). The predicted octanol–water partition coefficient (Wildman–Crippen LogP) is 3.95. The zero-order valence-corrected chi connectivity index (χ0v) is 17.3. The molecule has 0 saturated carbocycles. The number of benzene rings is 2. The smallest absolute Gasteiger partial charge is 0.323 e. The van der Waals surface area contributed by atoms with Crippen LogP contribution in [0.3, 0.4) is 0 Å². The highest BCUT2D eigenvalue weighted by atomic mass is 19.1. The minimum atomic E-state index is -0.957. The molecule has 1 amide bonds. The van der Waals surface area contributed by atoms with Crippen LogP contribution in [-0.4, -0.2) is 39.0 Å². The molecule has 162 valence electrons. The number of hydrogen-bond acceptors (Lipinski definition) is 2. The average molecular weight is 426 g/mol. The second-order valence-corrected chi connectivity index (χ2v) is 8.02.